The summed E-state index contributed by atoms with van der Waals surface area (Å²) in [7, 11) is 0. The summed E-state index contributed by atoms with van der Waals surface area (Å²) in [6.07, 6.45) is -3.97. The number of halogens is 5. The van der Waals surface area contributed by atoms with Gasteiger partial charge in [-0.3, -0.25) is 14.6 Å². The Morgan fingerprint density at radius 1 is 1.18 bits per heavy atom. The molecule has 0 aliphatic rings. The number of rotatable bonds is 7. The van der Waals surface area contributed by atoms with Gasteiger partial charge in [0.05, 0.1) is 11.7 Å². The van der Waals surface area contributed by atoms with Crippen molar-refractivity contribution in [1.29, 1.82) is 0 Å². The third-order valence-electron chi connectivity index (χ3n) is 4.61. The molecule has 2 heterocycles. The van der Waals surface area contributed by atoms with Gasteiger partial charge in [-0.25, -0.2) is 8.78 Å². The zero-order valence-corrected chi connectivity index (χ0v) is 17.5. The van der Waals surface area contributed by atoms with E-state index in [0.29, 0.717) is 12.1 Å². The Labute approximate surface area is 189 Å². The first-order valence-corrected chi connectivity index (χ1v) is 9.79. The molecule has 2 N–H and O–H groups in total. The molecule has 0 fully saturated rings. The van der Waals surface area contributed by atoms with Gasteiger partial charge in [0.15, 0.2) is 11.6 Å². The fourth-order valence-corrected chi connectivity index (χ4v) is 3.28. The molecule has 7 nitrogen and oxygen atoms in total. The number of ether oxygens (including phenoxy) is 1. The first kappa shape index (κ1) is 24.8. The zero-order chi connectivity index (χ0) is 25.0. The number of nitrogens with one attached hydrogen (secondary N) is 1. The normalized spacial score (nSPS) is 13.3. The highest BCUT2D eigenvalue weighted by atomic mass is 19.4. The van der Waals surface area contributed by atoms with E-state index in [-0.39, 0.29) is 23.4 Å². The summed E-state index contributed by atoms with van der Waals surface area (Å²) in [4.78, 5) is 31.9. The van der Waals surface area contributed by atoms with Gasteiger partial charge in [-0.2, -0.15) is 0 Å². The Kier molecular flexibility index (Phi) is 7.30. The van der Waals surface area contributed by atoms with Crippen LogP contribution in [0.4, 0.5) is 22.0 Å². The van der Waals surface area contributed by atoms with E-state index >= 15 is 0 Å². The average Bonchev–Trinajstić information content (AvgIpc) is 2.75. The van der Waals surface area contributed by atoms with Crippen LogP contribution in [0.15, 0.2) is 59.7 Å². The van der Waals surface area contributed by atoms with Crippen LogP contribution >= 0.6 is 0 Å². The number of hydrogen-bond donors (Lipinski definition) is 2. The van der Waals surface area contributed by atoms with E-state index in [1.807, 2.05) is 0 Å². The number of aliphatic hydroxyl groups is 1. The molecule has 0 unspecified atom stereocenters. The first-order chi connectivity index (χ1) is 16.0. The molecule has 2 aromatic heterocycles. The fraction of sp³-hybridized carbons (Fsp3) is 0.227. The van der Waals surface area contributed by atoms with Crippen molar-refractivity contribution in [3.63, 3.8) is 0 Å². The smallest absolute Gasteiger partial charge is 0.403 e. The van der Waals surface area contributed by atoms with Crippen LogP contribution in [0, 0.1) is 11.6 Å². The lowest BCUT2D eigenvalue weighted by Crippen LogP contribution is -2.41. The number of amides is 1. The van der Waals surface area contributed by atoms with Gasteiger partial charge >= 0.3 is 6.36 Å². The summed E-state index contributed by atoms with van der Waals surface area (Å²) in [6, 6.07) is 5.52. The van der Waals surface area contributed by atoms with E-state index in [2.05, 4.69) is 14.7 Å². The quantitative estimate of drug-likeness (QED) is 0.501. The molecule has 180 valence electrons. The van der Waals surface area contributed by atoms with E-state index in [4.69, 9.17) is 0 Å². The maximum Gasteiger partial charge on any atom is 0.573 e. The number of nitrogens with zero attached hydrogens (tertiary/aromatic N) is 2. The highest BCUT2D eigenvalue weighted by Gasteiger charge is 2.35. The fourth-order valence-electron chi connectivity index (χ4n) is 3.28. The SMILES string of the molecule is C[C@H](O)CN(C(=O)c1ccc(=O)[nH]c1)[C@@H](c1ccc(OC(F)(F)F)c(F)c1)c1ncccc1F. The van der Waals surface area contributed by atoms with Crippen molar-refractivity contribution in [2.45, 2.75) is 25.4 Å². The molecule has 0 saturated heterocycles. The van der Waals surface area contributed by atoms with Crippen molar-refractivity contribution in [2.24, 2.45) is 0 Å². The van der Waals surface area contributed by atoms with Crippen LogP contribution in [0.2, 0.25) is 0 Å². The molecule has 12 heteroatoms. The third kappa shape index (κ3) is 5.95. The number of hydrogen-bond acceptors (Lipinski definition) is 5. The number of aliphatic hydroxyl groups excluding tert-OH is 1. The Balaban J connectivity index is 2.16. The van der Waals surface area contributed by atoms with Crippen LogP contribution < -0.4 is 10.3 Å². The molecule has 3 rings (SSSR count). The summed E-state index contributed by atoms with van der Waals surface area (Å²) in [5.74, 6) is -4.20. The second-order valence-electron chi connectivity index (χ2n) is 7.26. The minimum atomic E-state index is -5.15. The van der Waals surface area contributed by atoms with Crippen molar-refractivity contribution in [3.05, 3.63) is 93.7 Å². The molecule has 0 aliphatic carbocycles. The Hall–Kier alpha value is -3.80. The number of H-pyrrole nitrogens is 1. The highest BCUT2D eigenvalue weighted by molar-refractivity contribution is 5.94. The second kappa shape index (κ2) is 10.00. The monoisotopic (exact) mass is 483 g/mol. The van der Waals surface area contributed by atoms with Crippen molar-refractivity contribution in [2.75, 3.05) is 6.54 Å². The number of aromatic amines is 1. The molecule has 34 heavy (non-hydrogen) atoms. The molecule has 1 aromatic carbocycles. The van der Waals surface area contributed by atoms with Crippen LogP contribution in [-0.2, 0) is 0 Å². The van der Waals surface area contributed by atoms with E-state index in [1.54, 1.807) is 0 Å². The van der Waals surface area contributed by atoms with Gasteiger partial charge in [0.1, 0.15) is 17.6 Å². The molecule has 3 aromatic rings. The summed E-state index contributed by atoms with van der Waals surface area (Å²) in [5, 5.41) is 10.0. The lowest BCUT2D eigenvalue weighted by atomic mass is 9.98. The molecule has 0 spiro atoms. The summed E-state index contributed by atoms with van der Waals surface area (Å²) < 4.78 is 70.5. The van der Waals surface area contributed by atoms with E-state index in [9.17, 15) is 36.6 Å². The minimum absolute atomic E-state index is 0.0425. The van der Waals surface area contributed by atoms with Crippen LogP contribution in [0.1, 0.15) is 34.6 Å². The molecule has 0 radical (unpaired) electrons. The van der Waals surface area contributed by atoms with Gasteiger partial charge in [-0.15, -0.1) is 13.2 Å². The Morgan fingerprint density at radius 3 is 2.47 bits per heavy atom. The van der Waals surface area contributed by atoms with Gasteiger partial charge in [-0.1, -0.05) is 6.07 Å². The first-order valence-electron chi connectivity index (χ1n) is 9.79. The highest BCUT2D eigenvalue weighted by Crippen LogP contribution is 2.34. The van der Waals surface area contributed by atoms with Crippen molar-refractivity contribution in [3.8, 4) is 5.75 Å². The maximum atomic E-state index is 14.8. The molecule has 0 saturated carbocycles. The lowest BCUT2D eigenvalue weighted by Gasteiger charge is -2.33. The molecule has 0 bridgehead atoms. The number of pyridine rings is 2. The molecular formula is C22H18F5N3O4. The van der Waals surface area contributed by atoms with E-state index in [1.165, 1.54) is 25.3 Å². The van der Waals surface area contributed by atoms with Crippen molar-refractivity contribution in [1.82, 2.24) is 14.9 Å². The molecular weight excluding hydrogens is 465 g/mol. The predicted molar refractivity (Wildman–Crippen MR) is 109 cm³/mol. The van der Waals surface area contributed by atoms with E-state index in [0.717, 1.165) is 29.3 Å². The Morgan fingerprint density at radius 2 is 1.91 bits per heavy atom. The average molecular weight is 483 g/mol. The summed E-state index contributed by atoms with van der Waals surface area (Å²) in [6.45, 7) is 0.959. The largest absolute Gasteiger partial charge is 0.573 e. The molecule has 2 atom stereocenters. The lowest BCUT2D eigenvalue weighted by molar-refractivity contribution is -0.275. The van der Waals surface area contributed by atoms with Gasteiger partial charge < -0.3 is 19.7 Å². The predicted octanol–water partition coefficient (Wildman–Crippen LogP) is 3.56. The number of aromatic nitrogens is 2. The van der Waals surface area contributed by atoms with Crippen LogP contribution in [0.5, 0.6) is 5.75 Å². The molecule has 1 amide bonds. The van der Waals surface area contributed by atoms with Gasteiger partial charge in [0.2, 0.25) is 5.56 Å². The van der Waals surface area contributed by atoms with Gasteiger partial charge in [0, 0.05) is 25.0 Å². The Bertz CT molecular complexity index is 1210. The standard InChI is InChI=1S/C22H18F5N3O4/c1-12(31)11-30(21(33)14-5-7-18(32)29-10-14)20(19-15(23)3-2-8-28-19)13-4-6-17(16(24)9-13)34-22(25,26)27/h2-10,12,20,31H,11H2,1H3,(H,29,32)/t12-,20-/m0/s1. The van der Waals surface area contributed by atoms with Crippen molar-refractivity contribution < 1.29 is 36.6 Å². The summed E-state index contributed by atoms with van der Waals surface area (Å²) >= 11 is 0. The summed E-state index contributed by atoms with van der Waals surface area (Å²) in [5.41, 5.74) is -1.01. The maximum absolute atomic E-state index is 14.8. The number of benzene rings is 1. The number of carbonyl (C=O) groups is 1. The second-order valence-corrected chi connectivity index (χ2v) is 7.26. The van der Waals surface area contributed by atoms with E-state index < -0.39 is 47.4 Å². The third-order valence-corrected chi connectivity index (χ3v) is 4.61. The number of alkyl halides is 3. The topological polar surface area (TPSA) is 95.5 Å². The molecule has 0 aliphatic heterocycles. The van der Waals surface area contributed by atoms with Gasteiger partial charge in [0.25, 0.3) is 5.91 Å². The van der Waals surface area contributed by atoms with Crippen LogP contribution in [-0.4, -0.2) is 44.9 Å². The zero-order valence-electron chi connectivity index (χ0n) is 17.5. The van der Waals surface area contributed by atoms with Gasteiger partial charge in [-0.05, 0) is 42.8 Å². The van der Waals surface area contributed by atoms with Crippen LogP contribution in [0.25, 0.3) is 0 Å². The number of carbonyl (C=O) groups excluding carboxylic acids is 1. The minimum Gasteiger partial charge on any atom is -0.403 e. The van der Waals surface area contributed by atoms with Crippen LogP contribution in [0.3, 0.4) is 0 Å². The van der Waals surface area contributed by atoms with Crippen molar-refractivity contribution >= 4 is 5.91 Å².